The first-order valence-corrected chi connectivity index (χ1v) is 21.6. The number of hydrogen-bond donors (Lipinski definition) is 6. The molecule has 16 heteroatoms. The number of hydrogen-bond acceptors (Lipinski definition) is 15. The Morgan fingerprint density at radius 2 is 1.03 bits per heavy atom. The molecule has 346 valence electrons. The van der Waals surface area contributed by atoms with Crippen LogP contribution in [0.3, 0.4) is 0 Å². The predicted octanol–water partition coefficient (Wildman–Crippen LogP) is 2.50. The van der Waals surface area contributed by atoms with Gasteiger partial charge in [-0.1, -0.05) is 121 Å². The number of amides is 1. The summed E-state index contributed by atoms with van der Waals surface area (Å²) in [5.41, 5.74) is 3.55. The van der Waals surface area contributed by atoms with Crippen molar-refractivity contribution in [1.82, 2.24) is 5.32 Å². The summed E-state index contributed by atoms with van der Waals surface area (Å²) in [6, 6.07) is 36.9. The summed E-state index contributed by atoms with van der Waals surface area (Å²) >= 11 is 0. The average Bonchev–Trinajstić information content (AvgIpc) is 3.31. The number of carbonyl (C=O) groups excluding carboxylic acids is 1. The Kier molecular flexibility index (Phi) is 17.4. The van der Waals surface area contributed by atoms with Crippen LogP contribution in [0.15, 0.2) is 121 Å². The summed E-state index contributed by atoms with van der Waals surface area (Å²) in [7, 11) is 0. The maximum absolute atomic E-state index is 12.7. The Morgan fingerprint density at radius 3 is 1.55 bits per heavy atom. The molecule has 7 rings (SSSR count). The fourth-order valence-electron chi connectivity index (χ4n) is 8.10. The number of carbonyl (C=O) groups is 1. The van der Waals surface area contributed by atoms with Crippen molar-refractivity contribution >= 4 is 5.91 Å². The number of benzene rings is 4. The van der Waals surface area contributed by atoms with Crippen LogP contribution in [-0.2, 0) is 73.9 Å². The Morgan fingerprint density at radius 1 is 0.547 bits per heavy atom. The maximum Gasteiger partial charge on any atom is 0.217 e. The molecule has 15 atom stereocenters. The first kappa shape index (κ1) is 47.7. The summed E-state index contributed by atoms with van der Waals surface area (Å²) in [6.45, 7) is 2.88. The van der Waals surface area contributed by atoms with Gasteiger partial charge in [0.2, 0.25) is 5.91 Å². The van der Waals surface area contributed by atoms with Crippen molar-refractivity contribution in [3.8, 4) is 0 Å². The molecule has 3 fully saturated rings. The zero-order valence-electron chi connectivity index (χ0n) is 35.8. The van der Waals surface area contributed by atoms with E-state index in [4.69, 9.17) is 42.6 Å². The molecule has 0 aliphatic carbocycles. The molecule has 0 aromatic heterocycles. The lowest BCUT2D eigenvalue weighted by Gasteiger charge is -2.50. The summed E-state index contributed by atoms with van der Waals surface area (Å²) in [4.78, 5) is 12.7. The van der Waals surface area contributed by atoms with E-state index in [9.17, 15) is 30.3 Å². The van der Waals surface area contributed by atoms with Crippen LogP contribution in [0.1, 0.15) is 36.1 Å². The van der Waals surface area contributed by atoms with Crippen molar-refractivity contribution in [2.75, 3.05) is 13.2 Å². The van der Waals surface area contributed by atoms with Gasteiger partial charge < -0.3 is 73.5 Å². The molecular weight excluding hydrogens is 831 g/mol. The van der Waals surface area contributed by atoms with Crippen LogP contribution < -0.4 is 5.32 Å². The Balaban J connectivity index is 1.26. The second-order valence-electron chi connectivity index (χ2n) is 16.2. The van der Waals surface area contributed by atoms with Gasteiger partial charge in [0.1, 0.15) is 67.1 Å². The molecule has 3 saturated heterocycles. The highest BCUT2D eigenvalue weighted by atomic mass is 16.8. The SMILES string of the molecule is CC(=O)NC1C(O)OC(COCc2ccccc2)C(OC2OC(C)C(OCc3ccccc3)C(OCc3ccccc3)C2OCc2ccccc2)C1OC1OC(CO)C(O)C(O)C1O. The second kappa shape index (κ2) is 23.3. The molecule has 3 heterocycles. The van der Waals surface area contributed by atoms with Crippen LogP contribution in [0, 0.1) is 0 Å². The van der Waals surface area contributed by atoms with E-state index < -0.39 is 105 Å². The van der Waals surface area contributed by atoms with Gasteiger partial charge in [-0.2, -0.15) is 0 Å². The Hall–Kier alpha value is -4.21. The highest BCUT2D eigenvalue weighted by Crippen LogP contribution is 2.36. The molecule has 0 spiro atoms. The van der Waals surface area contributed by atoms with E-state index in [0.717, 1.165) is 22.3 Å². The van der Waals surface area contributed by atoms with Gasteiger partial charge in [-0.05, 0) is 29.2 Å². The van der Waals surface area contributed by atoms with Crippen molar-refractivity contribution in [3.63, 3.8) is 0 Å². The molecular formula is C48H59NO15. The molecule has 3 aliphatic rings. The Labute approximate surface area is 372 Å². The van der Waals surface area contributed by atoms with Crippen molar-refractivity contribution < 1.29 is 73.0 Å². The highest BCUT2D eigenvalue weighted by molar-refractivity contribution is 5.73. The first-order valence-electron chi connectivity index (χ1n) is 21.6. The van der Waals surface area contributed by atoms with Crippen LogP contribution in [0.5, 0.6) is 0 Å². The molecule has 0 radical (unpaired) electrons. The van der Waals surface area contributed by atoms with Crippen LogP contribution in [0.4, 0.5) is 0 Å². The van der Waals surface area contributed by atoms with Crippen LogP contribution in [0.2, 0.25) is 0 Å². The zero-order valence-corrected chi connectivity index (χ0v) is 35.8. The van der Waals surface area contributed by atoms with Gasteiger partial charge in [0.15, 0.2) is 18.9 Å². The predicted molar refractivity (Wildman–Crippen MR) is 227 cm³/mol. The topological polar surface area (TPSA) is 213 Å². The standard InChI is InChI=1S/C48H59NO15/c1-29-41(57-25-32-17-9-4-10-18-32)44(58-26-33-19-11-5-12-20-33)45(59-27-34-21-13-6-14-22-34)48(60-29)63-42-36(28-56-24-31-15-7-3-8-16-31)61-46(55)37(49-30(2)51)43(42)64-47-40(54)39(53)38(52)35(23-50)62-47/h3-22,29,35-48,50,52-55H,23-28H2,1-2H3,(H,49,51). The minimum Gasteiger partial charge on any atom is -0.394 e. The van der Waals surface area contributed by atoms with Gasteiger partial charge in [0.05, 0.1) is 45.7 Å². The van der Waals surface area contributed by atoms with E-state index in [0.29, 0.717) is 0 Å². The van der Waals surface area contributed by atoms with E-state index >= 15 is 0 Å². The van der Waals surface area contributed by atoms with Crippen molar-refractivity contribution in [2.45, 2.75) is 132 Å². The highest BCUT2D eigenvalue weighted by Gasteiger charge is 2.55. The number of ether oxygens (including phenoxy) is 9. The molecule has 64 heavy (non-hydrogen) atoms. The number of rotatable bonds is 19. The van der Waals surface area contributed by atoms with E-state index in [1.54, 1.807) is 0 Å². The minimum absolute atomic E-state index is 0.114. The smallest absolute Gasteiger partial charge is 0.217 e. The summed E-state index contributed by atoms with van der Waals surface area (Å²) in [6.07, 6.45) is -18.4. The monoisotopic (exact) mass is 889 g/mol. The number of aliphatic hydroxyl groups is 5. The van der Waals surface area contributed by atoms with Crippen molar-refractivity contribution in [2.24, 2.45) is 0 Å². The third kappa shape index (κ3) is 12.4. The largest absolute Gasteiger partial charge is 0.394 e. The van der Waals surface area contributed by atoms with E-state index in [1.165, 1.54) is 6.92 Å². The van der Waals surface area contributed by atoms with Gasteiger partial charge in [-0.15, -0.1) is 0 Å². The second-order valence-corrected chi connectivity index (χ2v) is 16.2. The lowest BCUT2D eigenvalue weighted by Crippen LogP contribution is -2.69. The molecule has 0 bridgehead atoms. The van der Waals surface area contributed by atoms with Gasteiger partial charge in [0, 0.05) is 6.92 Å². The third-order valence-corrected chi connectivity index (χ3v) is 11.4. The van der Waals surface area contributed by atoms with Crippen LogP contribution in [-0.4, -0.2) is 137 Å². The molecule has 16 nitrogen and oxygen atoms in total. The molecule has 0 saturated carbocycles. The average molecular weight is 890 g/mol. The molecule has 4 aromatic carbocycles. The fourth-order valence-corrected chi connectivity index (χ4v) is 8.10. The lowest BCUT2D eigenvalue weighted by molar-refractivity contribution is -0.377. The van der Waals surface area contributed by atoms with E-state index in [2.05, 4.69) is 5.32 Å². The van der Waals surface area contributed by atoms with Crippen molar-refractivity contribution in [3.05, 3.63) is 144 Å². The normalized spacial score (nSPS) is 33.1. The number of aliphatic hydroxyl groups excluding tert-OH is 5. The van der Waals surface area contributed by atoms with Crippen LogP contribution >= 0.6 is 0 Å². The van der Waals surface area contributed by atoms with Crippen LogP contribution in [0.25, 0.3) is 0 Å². The van der Waals surface area contributed by atoms with Gasteiger partial charge in [-0.25, -0.2) is 0 Å². The molecule has 1 amide bonds. The van der Waals surface area contributed by atoms with Gasteiger partial charge in [0.25, 0.3) is 0 Å². The van der Waals surface area contributed by atoms with Gasteiger partial charge in [-0.3, -0.25) is 4.79 Å². The molecule has 6 N–H and O–H groups in total. The molecule has 4 aromatic rings. The summed E-state index contributed by atoms with van der Waals surface area (Å²) in [5, 5.41) is 56.7. The van der Waals surface area contributed by atoms with E-state index in [-0.39, 0.29) is 33.0 Å². The zero-order chi connectivity index (χ0) is 45.0. The molecule has 3 aliphatic heterocycles. The quantitative estimate of drug-likeness (QED) is 0.0799. The lowest BCUT2D eigenvalue weighted by atomic mass is 9.94. The first-order chi connectivity index (χ1) is 31.1. The Bertz CT molecular complexity index is 1970. The minimum atomic E-state index is -1.84. The van der Waals surface area contributed by atoms with Crippen molar-refractivity contribution in [1.29, 1.82) is 0 Å². The van der Waals surface area contributed by atoms with E-state index in [1.807, 2.05) is 128 Å². The third-order valence-electron chi connectivity index (χ3n) is 11.4. The maximum atomic E-state index is 12.7. The molecule has 15 unspecified atom stereocenters. The summed E-state index contributed by atoms with van der Waals surface area (Å²) < 4.78 is 58.4. The summed E-state index contributed by atoms with van der Waals surface area (Å²) in [5.74, 6) is -0.563. The fraction of sp³-hybridized carbons (Fsp3) is 0.479. The van der Waals surface area contributed by atoms with Gasteiger partial charge >= 0.3 is 0 Å². The number of nitrogens with one attached hydrogen (secondary N) is 1.